The molecule has 2 N–H and O–H groups in total. The Morgan fingerprint density at radius 2 is 2.08 bits per heavy atom. The van der Waals surface area contributed by atoms with Crippen LogP contribution in [0.2, 0.25) is 0 Å². The van der Waals surface area contributed by atoms with Crippen LogP contribution in [0.5, 0.6) is 0 Å². The quantitative estimate of drug-likeness (QED) is 0.843. The fraction of sp³-hybridized carbons (Fsp3) is 0.526. The van der Waals surface area contributed by atoms with Crippen molar-refractivity contribution in [2.75, 3.05) is 0 Å². The molecule has 1 aliphatic rings. The summed E-state index contributed by atoms with van der Waals surface area (Å²) in [5.41, 5.74) is 0.985. The number of carbonyl (C=O) groups is 1. The van der Waals surface area contributed by atoms with Crippen molar-refractivity contribution in [3.8, 4) is 0 Å². The van der Waals surface area contributed by atoms with Crippen molar-refractivity contribution in [1.82, 2.24) is 25.4 Å². The lowest BCUT2D eigenvalue weighted by Crippen LogP contribution is -2.47. The number of nitrogens with zero attached hydrogens (tertiary/aromatic N) is 3. The molecule has 2 aromatic rings. The molecule has 0 bridgehead atoms. The van der Waals surface area contributed by atoms with Crippen molar-refractivity contribution in [3.05, 3.63) is 47.5 Å². The maximum Gasteiger partial charge on any atom is 0.241 e. The van der Waals surface area contributed by atoms with Gasteiger partial charge in [0.15, 0.2) is 5.82 Å². The number of rotatable bonds is 6. The van der Waals surface area contributed by atoms with Crippen LogP contribution < -0.4 is 10.6 Å². The molecule has 0 fully saturated rings. The van der Waals surface area contributed by atoms with E-state index < -0.39 is 0 Å². The largest absolute Gasteiger partial charge is 0.352 e. The minimum atomic E-state index is -0.357. The molecular formula is C19H27N5O. The Kier molecular flexibility index (Phi) is 5.48. The monoisotopic (exact) mass is 341 g/mol. The lowest BCUT2D eigenvalue weighted by molar-refractivity contribution is -0.124. The number of hydrogen-bond donors (Lipinski definition) is 2. The van der Waals surface area contributed by atoms with E-state index in [2.05, 4.69) is 27.6 Å². The van der Waals surface area contributed by atoms with Crippen molar-refractivity contribution < 1.29 is 4.79 Å². The van der Waals surface area contributed by atoms with Crippen LogP contribution in [-0.2, 0) is 24.2 Å². The third kappa shape index (κ3) is 4.25. The molecule has 0 radical (unpaired) electrons. The van der Waals surface area contributed by atoms with Crippen molar-refractivity contribution >= 4 is 5.91 Å². The first-order valence-corrected chi connectivity index (χ1v) is 9.10. The van der Waals surface area contributed by atoms with Crippen LogP contribution in [-0.4, -0.2) is 32.8 Å². The Morgan fingerprint density at radius 1 is 1.32 bits per heavy atom. The number of hydrogen-bond acceptors (Lipinski definition) is 4. The first kappa shape index (κ1) is 17.6. The SMILES string of the molecule is CCc1nc2n(n1)C[C@H](N[C@H](C(=O)NC(C)C)c1ccccc1)CC2. The predicted molar refractivity (Wildman–Crippen MR) is 97.1 cm³/mol. The van der Waals surface area contributed by atoms with Gasteiger partial charge in [0.2, 0.25) is 5.91 Å². The summed E-state index contributed by atoms with van der Waals surface area (Å²) in [4.78, 5) is 17.3. The standard InChI is InChI=1S/C19H27N5O/c1-4-16-22-17-11-10-15(12-24(17)23-16)21-18(19(25)20-13(2)3)14-8-6-5-7-9-14/h5-9,13,15,18,21H,4,10-12H2,1-3H3,(H,20,25)/t15-,18+/m1/s1. The molecule has 3 rings (SSSR count). The molecule has 1 aliphatic heterocycles. The van der Waals surface area contributed by atoms with Crippen molar-refractivity contribution in [3.63, 3.8) is 0 Å². The molecule has 2 atom stereocenters. The van der Waals surface area contributed by atoms with Gasteiger partial charge in [0.1, 0.15) is 11.9 Å². The highest BCUT2D eigenvalue weighted by Gasteiger charge is 2.27. The number of amides is 1. The molecule has 25 heavy (non-hydrogen) atoms. The highest BCUT2D eigenvalue weighted by molar-refractivity contribution is 5.83. The maximum absolute atomic E-state index is 12.7. The third-order valence-electron chi connectivity index (χ3n) is 4.45. The van der Waals surface area contributed by atoms with Gasteiger partial charge in [-0.1, -0.05) is 37.3 Å². The van der Waals surface area contributed by atoms with Crippen molar-refractivity contribution in [1.29, 1.82) is 0 Å². The summed E-state index contributed by atoms with van der Waals surface area (Å²) in [7, 11) is 0. The molecule has 134 valence electrons. The molecule has 6 heteroatoms. The number of fused-ring (bicyclic) bond motifs is 1. The zero-order chi connectivity index (χ0) is 17.8. The smallest absolute Gasteiger partial charge is 0.241 e. The van der Waals surface area contributed by atoms with E-state index in [0.717, 1.165) is 43.0 Å². The molecule has 2 heterocycles. The minimum Gasteiger partial charge on any atom is -0.352 e. The number of nitrogens with one attached hydrogen (secondary N) is 2. The molecular weight excluding hydrogens is 314 g/mol. The van der Waals surface area contributed by atoms with Crippen molar-refractivity contribution in [2.45, 2.75) is 64.7 Å². The molecule has 0 spiro atoms. The summed E-state index contributed by atoms with van der Waals surface area (Å²) in [6, 6.07) is 9.85. The van der Waals surface area contributed by atoms with Crippen LogP contribution in [0.15, 0.2) is 30.3 Å². The second kappa shape index (κ2) is 7.78. The number of aromatic nitrogens is 3. The van der Waals surface area contributed by atoms with Gasteiger partial charge in [-0.05, 0) is 25.8 Å². The highest BCUT2D eigenvalue weighted by atomic mass is 16.2. The molecule has 1 amide bonds. The fourth-order valence-corrected chi connectivity index (χ4v) is 3.22. The van der Waals surface area contributed by atoms with Crippen LogP contribution in [0, 0.1) is 0 Å². The van der Waals surface area contributed by atoms with Gasteiger partial charge in [0, 0.05) is 24.9 Å². The van der Waals surface area contributed by atoms with Crippen LogP contribution in [0.25, 0.3) is 0 Å². The Hall–Kier alpha value is -2.21. The van der Waals surface area contributed by atoms with E-state index in [9.17, 15) is 4.79 Å². The zero-order valence-corrected chi connectivity index (χ0v) is 15.2. The van der Waals surface area contributed by atoms with Gasteiger partial charge < -0.3 is 5.32 Å². The van der Waals surface area contributed by atoms with Crippen LogP contribution in [0.4, 0.5) is 0 Å². The van der Waals surface area contributed by atoms with Gasteiger partial charge >= 0.3 is 0 Å². The Bertz CT molecular complexity index is 710. The van der Waals surface area contributed by atoms with Gasteiger partial charge in [0.05, 0.1) is 6.54 Å². The first-order chi connectivity index (χ1) is 12.1. The summed E-state index contributed by atoms with van der Waals surface area (Å²) in [6.45, 7) is 6.78. The number of benzene rings is 1. The average Bonchev–Trinajstić information content (AvgIpc) is 3.02. The molecule has 6 nitrogen and oxygen atoms in total. The van der Waals surface area contributed by atoms with E-state index in [1.54, 1.807) is 0 Å². The molecule has 0 unspecified atom stereocenters. The minimum absolute atomic E-state index is 0.0137. The fourth-order valence-electron chi connectivity index (χ4n) is 3.22. The van der Waals surface area contributed by atoms with E-state index in [1.165, 1.54) is 0 Å². The van der Waals surface area contributed by atoms with E-state index >= 15 is 0 Å². The lowest BCUT2D eigenvalue weighted by atomic mass is 10.0. The summed E-state index contributed by atoms with van der Waals surface area (Å²) in [5.74, 6) is 1.96. The Balaban J connectivity index is 1.75. The van der Waals surface area contributed by atoms with Crippen LogP contribution in [0.3, 0.4) is 0 Å². The molecule has 0 saturated carbocycles. The first-order valence-electron chi connectivity index (χ1n) is 9.10. The average molecular weight is 341 g/mol. The van der Waals surface area contributed by atoms with Crippen LogP contribution >= 0.6 is 0 Å². The normalized spacial score (nSPS) is 18.0. The van der Waals surface area contributed by atoms with E-state index in [1.807, 2.05) is 48.9 Å². The second-order valence-electron chi connectivity index (χ2n) is 6.89. The molecule has 1 aromatic heterocycles. The van der Waals surface area contributed by atoms with E-state index in [-0.39, 0.29) is 24.0 Å². The molecule has 0 aliphatic carbocycles. The van der Waals surface area contributed by atoms with Crippen molar-refractivity contribution in [2.24, 2.45) is 0 Å². The maximum atomic E-state index is 12.7. The number of aryl methyl sites for hydroxylation is 2. The zero-order valence-electron chi connectivity index (χ0n) is 15.2. The molecule has 0 saturated heterocycles. The second-order valence-corrected chi connectivity index (χ2v) is 6.89. The lowest BCUT2D eigenvalue weighted by Gasteiger charge is -2.29. The third-order valence-corrected chi connectivity index (χ3v) is 4.45. The van der Waals surface area contributed by atoms with Gasteiger partial charge in [-0.3, -0.25) is 10.1 Å². The Labute approximate surface area is 149 Å². The van der Waals surface area contributed by atoms with Gasteiger partial charge in [0.25, 0.3) is 0 Å². The highest BCUT2D eigenvalue weighted by Crippen LogP contribution is 2.19. The molecule has 1 aromatic carbocycles. The van der Waals surface area contributed by atoms with Crippen LogP contribution in [0.1, 0.15) is 50.4 Å². The summed E-state index contributed by atoms with van der Waals surface area (Å²) < 4.78 is 1.99. The predicted octanol–water partition coefficient (Wildman–Crippen LogP) is 2.01. The Morgan fingerprint density at radius 3 is 2.76 bits per heavy atom. The van der Waals surface area contributed by atoms with Gasteiger partial charge in [-0.15, -0.1) is 0 Å². The van der Waals surface area contributed by atoms with Gasteiger partial charge in [-0.25, -0.2) is 9.67 Å². The summed E-state index contributed by atoms with van der Waals surface area (Å²) in [5, 5.41) is 11.1. The van der Waals surface area contributed by atoms with E-state index in [4.69, 9.17) is 0 Å². The summed E-state index contributed by atoms with van der Waals surface area (Å²) >= 11 is 0. The summed E-state index contributed by atoms with van der Waals surface area (Å²) in [6.07, 6.45) is 2.69. The van der Waals surface area contributed by atoms with Gasteiger partial charge in [-0.2, -0.15) is 5.10 Å². The van der Waals surface area contributed by atoms with E-state index in [0.29, 0.717) is 0 Å². The topological polar surface area (TPSA) is 71.8 Å². The number of carbonyl (C=O) groups excluding carboxylic acids is 1.